The first-order chi connectivity index (χ1) is 14.6. The lowest BCUT2D eigenvalue weighted by atomic mass is 9.90. The van der Waals surface area contributed by atoms with Crippen LogP contribution in [0.5, 0.6) is 5.75 Å². The van der Waals surface area contributed by atoms with Gasteiger partial charge in [-0.05, 0) is 55.0 Å². The van der Waals surface area contributed by atoms with Gasteiger partial charge in [-0.1, -0.05) is 50.5 Å². The van der Waals surface area contributed by atoms with Crippen molar-refractivity contribution in [1.82, 2.24) is 4.98 Å². The zero-order chi connectivity index (χ0) is 20.9. The Morgan fingerprint density at radius 1 is 1.13 bits per heavy atom. The summed E-state index contributed by atoms with van der Waals surface area (Å²) in [4.78, 5) is 15.9. The summed E-state index contributed by atoms with van der Waals surface area (Å²) < 4.78 is 6.31. The smallest absolute Gasteiger partial charge is 0.306 e. The van der Waals surface area contributed by atoms with E-state index < -0.39 is 11.9 Å². The van der Waals surface area contributed by atoms with E-state index in [1.54, 1.807) is 6.92 Å². The average Bonchev–Trinajstić information content (AvgIpc) is 2.78. The molecule has 156 valence electrons. The van der Waals surface area contributed by atoms with E-state index in [4.69, 9.17) is 4.74 Å². The first-order valence-corrected chi connectivity index (χ1v) is 10.9. The lowest BCUT2D eigenvalue weighted by molar-refractivity contribution is -0.141. The minimum atomic E-state index is -0.776. The van der Waals surface area contributed by atoms with Crippen LogP contribution in [0.3, 0.4) is 0 Å². The lowest BCUT2D eigenvalue weighted by Crippen LogP contribution is -2.15. The zero-order valence-electron chi connectivity index (χ0n) is 17.5. The highest BCUT2D eigenvalue weighted by Crippen LogP contribution is 2.34. The topological polar surface area (TPSA) is 59.4 Å². The van der Waals surface area contributed by atoms with Gasteiger partial charge in [0, 0.05) is 22.7 Å². The van der Waals surface area contributed by atoms with Gasteiger partial charge in [-0.3, -0.25) is 9.78 Å². The van der Waals surface area contributed by atoms with Crippen molar-refractivity contribution in [2.75, 3.05) is 6.61 Å². The highest BCUT2D eigenvalue weighted by molar-refractivity contribution is 5.85. The Balaban J connectivity index is 1.66. The van der Waals surface area contributed by atoms with Gasteiger partial charge in [-0.15, -0.1) is 0 Å². The van der Waals surface area contributed by atoms with Crippen molar-refractivity contribution in [3.63, 3.8) is 0 Å². The summed E-state index contributed by atoms with van der Waals surface area (Å²) in [6.07, 6.45) is 8.77. The van der Waals surface area contributed by atoms with Gasteiger partial charge in [-0.2, -0.15) is 0 Å². The second kappa shape index (κ2) is 9.29. The molecule has 1 atom stereocenters. The Hall–Kier alpha value is -2.88. The van der Waals surface area contributed by atoms with Crippen LogP contribution in [0, 0.1) is 11.8 Å². The number of hydrogen-bond acceptors (Lipinski definition) is 3. The number of hydrogen-bond donors (Lipinski definition) is 1. The number of nitrogens with zero attached hydrogens (tertiary/aromatic N) is 1. The van der Waals surface area contributed by atoms with Crippen LogP contribution in [-0.4, -0.2) is 22.7 Å². The van der Waals surface area contributed by atoms with E-state index in [0.29, 0.717) is 12.3 Å². The summed E-state index contributed by atoms with van der Waals surface area (Å²) in [5.41, 5.74) is 3.94. The van der Waals surface area contributed by atoms with Crippen molar-refractivity contribution >= 4 is 16.9 Å². The SMILES string of the molecule is CC(Cc1ccc(OCC2CCCCC2)c(-c2cnc3ccccc3c2)c1)C(=O)O. The van der Waals surface area contributed by atoms with Gasteiger partial charge in [0.25, 0.3) is 0 Å². The number of para-hydroxylation sites is 1. The zero-order valence-corrected chi connectivity index (χ0v) is 17.5. The van der Waals surface area contributed by atoms with Crippen LogP contribution in [0.1, 0.15) is 44.6 Å². The molecule has 0 spiro atoms. The number of carboxylic acids is 1. The highest BCUT2D eigenvalue weighted by atomic mass is 16.5. The van der Waals surface area contributed by atoms with Gasteiger partial charge in [0.1, 0.15) is 5.75 Å². The molecule has 4 heteroatoms. The Morgan fingerprint density at radius 2 is 1.93 bits per heavy atom. The Labute approximate surface area is 177 Å². The molecule has 1 aliphatic rings. The summed E-state index contributed by atoms with van der Waals surface area (Å²) in [7, 11) is 0. The number of ether oxygens (including phenoxy) is 1. The fourth-order valence-corrected chi connectivity index (χ4v) is 4.28. The van der Waals surface area contributed by atoms with Gasteiger partial charge in [0.15, 0.2) is 0 Å². The first kappa shape index (κ1) is 20.4. The Morgan fingerprint density at radius 3 is 2.73 bits per heavy atom. The first-order valence-electron chi connectivity index (χ1n) is 10.9. The van der Waals surface area contributed by atoms with E-state index in [0.717, 1.165) is 39.9 Å². The normalized spacial score (nSPS) is 15.8. The molecule has 1 saturated carbocycles. The maximum absolute atomic E-state index is 11.3. The summed E-state index contributed by atoms with van der Waals surface area (Å²) in [6, 6.07) is 16.3. The largest absolute Gasteiger partial charge is 0.493 e. The molecule has 4 rings (SSSR count). The molecule has 0 radical (unpaired) electrons. The molecule has 0 bridgehead atoms. The average molecular weight is 404 g/mol. The second-order valence-corrected chi connectivity index (χ2v) is 8.51. The van der Waals surface area contributed by atoms with E-state index in [1.807, 2.05) is 36.5 Å². The van der Waals surface area contributed by atoms with E-state index in [1.165, 1.54) is 32.1 Å². The maximum Gasteiger partial charge on any atom is 0.306 e. The van der Waals surface area contributed by atoms with Crippen molar-refractivity contribution in [2.24, 2.45) is 11.8 Å². The minimum Gasteiger partial charge on any atom is -0.493 e. The van der Waals surface area contributed by atoms with Crippen molar-refractivity contribution in [2.45, 2.75) is 45.4 Å². The molecule has 1 fully saturated rings. The number of aromatic nitrogens is 1. The van der Waals surface area contributed by atoms with Crippen molar-refractivity contribution in [1.29, 1.82) is 0 Å². The third kappa shape index (κ3) is 4.81. The quantitative estimate of drug-likeness (QED) is 0.516. The number of carbonyl (C=O) groups is 1. The predicted molar refractivity (Wildman–Crippen MR) is 120 cm³/mol. The minimum absolute atomic E-state index is 0.429. The van der Waals surface area contributed by atoms with Gasteiger partial charge in [0.05, 0.1) is 18.0 Å². The summed E-state index contributed by atoms with van der Waals surface area (Å²) >= 11 is 0. The van der Waals surface area contributed by atoms with Crippen LogP contribution in [0.15, 0.2) is 54.7 Å². The second-order valence-electron chi connectivity index (χ2n) is 8.51. The van der Waals surface area contributed by atoms with Crippen LogP contribution < -0.4 is 4.74 Å². The van der Waals surface area contributed by atoms with E-state index in [9.17, 15) is 9.90 Å². The van der Waals surface area contributed by atoms with Crippen LogP contribution in [-0.2, 0) is 11.2 Å². The molecular formula is C26H29NO3. The number of benzene rings is 2. The number of rotatable bonds is 7. The number of carboxylic acid groups (broad SMARTS) is 1. The molecular weight excluding hydrogens is 374 g/mol. The molecule has 0 amide bonds. The van der Waals surface area contributed by atoms with Crippen LogP contribution in [0.4, 0.5) is 0 Å². The Bertz CT molecular complexity index is 1020. The van der Waals surface area contributed by atoms with E-state index >= 15 is 0 Å². The van der Waals surface area contributed by atoms with Crippen LogP contribution >= 0.6 is 0 Å². The van der Waals surface area contributed by atoms with Crippen LogP contribution in [0.2, 0.25) is 0 Å². The van der Waals surface area contributed by atoms with Gasteiger partial charge in [0.2, 0.25) is 0 Å². The fraction of sp³-hybridized carbons (Fsp3) is 0.385. The van der Waals surface area contributed by atoms with Crippen molar-refractivity contribution in [3.8, 4) is 16.9 Å². The summed E-state index contributed by atoms with van der Waals surface area (Å²) in [6.45, 7) is 2.48. The van der Waals surface area contributed by atoms with Gasteiger partial charge >= 0.3 is 5.97 Å². The maximum atomic E-state index is 11.3. The standard InChI is InChI=1S/C26H29NO3/c1-18(26(28)29)13-20-11-12-25(30-17-19-7-3-2-4-8-19)23(14-20)22-15-21-9-5-6-10-24(21)27-16-22/h5-6,9-12,14-16,18-19H,2-4,7-8,13,17H2,1H3,(H,28,29). The summed E-state index contributed by atoms with van der Waals surface area (Å²) in [5, 5.41) is 10.4. The molecule has 1 aromatic heterocycles. The molecule has 2 aromatic carbocycles. The Kier molecular flexibility index (Phi) is 6.32. The van der Waals surface area contributed by atoms with E-state index in [2.05, 4.69) is 23.2 Å². The van der Waals surface area contributed by atoms with Crippen molar-refractivity contribution < 1.29 is 14.6 Å². The molecule has 1 aliphatic carbocycles. The number of fused-ring (bicyclic) bond motifs is 1. The molecule has 1 N–H and O–H groups in total. The van der Waals surface area contributed by atoms with Crippen molar-refractivity contribution in [3.05, 3.63) is 60.3 Å². The molecule has 1 unspecified atom stereocenters. The van der Waals surface area contributed by atoms with Crippen LogP contribution in [0.25, 0.3) is 22.0 Å². The third-order valence-corrected chi connectivity index (χ3v) is 6.11. The number of aliphatic carboxylic acids is 1. The van der Waals surface area contributed by atoms with Gasteiger partial charge < -0.3 is 9.84 Å². The molecule has 30 heavy (non-hydrogen) atoms. The molecule has 0 saturated heterocycles. The molecule has 1 heterocycles. The third-order valence-electron chi connectivity index (χ3n) is 6.11. The van der Waals surface area contributed by atoms with Gasteiger partial charge in [-0.25, -0.2) is 0 Å². The monoisotopic (exact) mass is 403 g/mol. The lowest BCUT2D eigenvalue weighted by Gasteiger charge is -2.23. The number of pyridine rings is 1. The fourth-order valence-electron chi connectivity index (χ4n) is 4.28. The van der Waals surface area contributed by atoms with E-state index in [-0.39, 0.29) is 0 Å². The predicted octanol–water partition coefficient (Wildman–Crippen LogP) is 6.12. The summed E-state index contributed by atoms with van der Waals surface area (Å²) in [5.74, 6) is 0.264. The molecule has 0 aliphatic heterocycles. The molecule has 4 nitrogen and oxygen atoms in total. The highest BCUT2D eigenvalue weighted by Gasteiger charge is 2.17. The molecule has 3 aromatic rings.